The van der Waals surface area contributed by atoms with Crippen molar-refractivity contribution < 1.29 is 4.39 Å². The van der Waals surface area contributed by atoms with Gasteiger partial charge in [0, 0.05) is 11.6 Å². The maximum absolute atomic E-state index is 13.3. The van der Waals surface area contributed by atoms with Gasteiger partial charge in [0.1, 0.15) is 5.82 Å². The molecule has 0 amide bonds. The van der Waals surface area contributed by atoms with Crippen LogP contribution in [0.1, 0.15) is 37.4 Å². The third kappa shape index (κ3) is 2.28. The Morgan fingerprint density at radius 3 is 2.62 bits per heavy atom. The summed E-state index contributed by atoms with van der Waals surface area (Å²) < 4.78 is 13.3. The molecule has 0 aromatic heterocycles. The van der Waals surface area contributed by atoms with E-state index in [1.54, 1.807) is 6.07 Å². The molecular weight excluding hydrogens is 165 g/mol. The molecule has 1 nitrogen and oxygen atoms in total. The van der Waals surface area contributed by atoms with Gasteiger partial charge in [0.05, 0.1) is 0 Å². The van der Waals surface area contributed by atoms with Crippen molar-refractivity contribution in [1.82, 2.24) is 0 Å². The van der Waals surface area contributed by atoms with Gasteiger partial charge in [0.15, 0.2) is 0 Å². The molecule has 0 aliphatic rings. The van der Waals surface area contributed by atoms with Gasteiger partial charge in [-0.25, -0.2) is 4.39 Å². The Labute approximate surface area is 78.8 Å². The molecule has 72 valence electrons. The molecule has 1 rings (SSSR count). The minimum absolute atomic E-state index is 0.175. The van der Waals surface area contributed by atoms with E-state index in [1.807, 2.05) is 13.0 Å². The fourth-order valence-electron chi connectivity index (χ4n) is 1.32. The molecule has 0 aliphatic carbocycles. The van der Waals surface area contributed by atoms with Crippen LogP contribution in [0.25, 0.3) is 0 Å². The minimum atomic E-state index is -0.188. The van der Waals surface area contributed by atoms with Crippen molar-refractivity contribution in [3.63, 3.8) is 0 Å². The molecule has 0 fully saturated rings. The van der Waals surface area contributed by atoms with Gasteiger partial charge >= 0.3 is 0 Å². The second-order valence-electron chi connectivity index (χ2n) is 3.22. The molecule has 1 aromatic carbocycles. The Hall–Kier alpha value is -0.890. The highest BCUT2D eigenvalue weighted by Crippen LogP contribution is 2.19. The predicted octanol–water partition coefficient (Wildman–Crippen LogP) is 2.80. The Bertz CT molecular complexity index is 283. The van der Waals surface area contributed by atoms with E-state index in [1.165, 1.54) is 6.07 Å². The lowest BCUT2D eigenvalue weighted by atomic mass is 10.0. The lowest BCUT2D eigenvalue weighted by Gasteiger charge is -2.11. The maximum atomic E-state index is 13.3. The monoisotopic (exact) mass is 181 g/mol. The van der Waals surface area contributed by atoms with E-state index in [9.17, 15) is 4.39 Å². The summed E-state index contributed by atoms with van der Waals surface area (Å²) in [7, 11) is 0. The standard InChI is InChI=1S/C11H16FN/c1-3-8-5-6-10(12)9(7-8)11(13)4-2/h5-7,11H,3-4,13H2,1-2H3. The maximum Gasteiger partial charge on any atom is 0.127 e. The first-order valence-corrected chi connectivity index (χ1v) is 4.73. The fourth-order valence-corrected chi connectivity index (χ4v) is 1.32. The van der Waals surface area contributed by atoms with Gasteiger partial charge in [-0.3, -0.25) is 0 Å². The van der Waals surface area contributed by atoms with Gasteiger partial charge < -0.3 is 5.73 Å². The molecule has 0 saturated heterocycles. The highest BCUT2D eigenvalue weighted by molar-refractivity contribution is 5.27. The highest BCUT2D eigenvalue weighted by atomic mass is 19.1. The average molecular weight is 181 g/mol. The molecule has 0 bridgehead atoms. The van der Waals surface area contributed by atoms with Crippen molar-refractivity contribution in [2.45, 2.75) is 32.7 Å². The molecule has 0 spiro atoms. The van der Waals surface area contributed by atoms with E-state index in [-0.39, 0.29) is 11.9 Å². The number of rotatable bonds is 3. The van der Waals surface area contributed by atoms with E-state index in [2.05, 4.69) is 6.92 Å². The normalized spacial score (nSPS) is 12.9. The summed E-state index contributed by atoms with van der Waals surface area (Å²) in [6.07, 6.45) is 1.69. The average Bonchev–Trinajstić information content (AvgIpc) is 2.17. The molecule has 0 radical (unpaired) electrons. The molecule has 2 N–H and O–H groups in total. The van der Waals surface area contributed by atoms with Crippen LogP contribution >= 0.6 is 0 Å². The zero-order valence-corrected chi connectivity index (χ0v) is 8.18. The highest BCUT2D eigenvalue weighted by Gasteiger charge is 2.09. The third-order valence-corrected chi connectivity index (χ3v) is 2.31. The lowest BCUT2D eigenvalue weighted by molar-refractivity contribution is 0.574. The zero-order chi connectivity index (χ0) is 9.84. The first-order chi connectivity index (χ1) is 6.19. The van der Waals surface area contributed by atoms with Crippen molar-refractivity contribution in [3.05, 3.63) is 35.1 Å². The quantitative estimate of drug-likeness (QED) is 0.762. The van der Waals surface area contributed by atoms with Gasteiger partial charge in [0.25, 0.3) is 0 Å². The Morgan fingerprint density at radius 2 is 2.08 bits per heavy atom. The summed E-state index contributed by atoms with van der Waals surface area (Å²) in [5.41, 5.74) is 7.56. The molecule has 1 unspecified atom stereocenters. The molecule has 0 heterocycles. The summed E-state index contributed by atoms with van der Waals surface area (Å²) in [5, 5.41) is 0. The topological polar surface area (TPSA) is 26.0 Å². The second-order valence-corrected chi connectivity index (χ2v) is 3.22. The van der Waals surface area contributed by atoms with Gasteiger partial charge in [-0.2, -0.15) is 0 Å². The number of nitrogens with two attached hydrogens (primary N) is 1. The van der Waals surface area contributed by atoms with E-state index >= 15 is 0 Å². The second kappa shape index (κ2) is 4.38. The van der Waals surface area contributed by atoms with Crippen molar-refractivity contribution in [2.75, 3.05) is 0 Å². The van der Waals surface area contributed by atoms with Gasteiger partial charge in [-0.15, -0.1) is 0 Å². The van der Waals surface area contributed by atoms with Crippen LogP contribution in [-0.2, 0) is 6.42 Å². The smallest absolute Gasteiger partial charge is 0.127 e. The fraction of sp³-hybridized carbons (Fsp3) is 0.455. The van der Waals surface area contributed by atoms with Gasteiger partial charge in [-0.1, -0.05) is 26.0 Å². The molecular formula is C11H16FN. The van der Waals surface area contributed by atoms with Gasteiger partial charge in [-0.05, 0) is 24.5 Å². The Kier molecular flexibility index (Phi) is 3.43. The van der Waals surface area contributed by atoms with Crippen molar-refractivity contribution in [1.29, 1.82) is 0 Å². The van der Waals surface area contributed by atoms with Crippen LogP contribution in [0.15, 0.2) is 18.2 Å². The molecule has 13 heavy (non-hydrogen) atoms. The number of hydrogen-bond donors (Lipinski definition) is 1. The summed E-state index contributed by atoms with van der Waals surface area (Å²) >= 11 is 0. The summed E-state index contributed by atoms with van der Waals surface area (Å²) in [5.74, 6) is -0.188. The van der Waals surface area contributed by atoms with Crippen LogP contribution in [0.3, 0.4) is 0 Å². The number of benzene rings is 1. The zero-order valence-electron chi connectivity index (χ0n) is 8.18. The van der Waals surface area contributed by atoms with Gasteiger partial charge in [0.2, 0.25) is 0 Å². The minimum Gasteiger partial charge on any atom is -0.324 e. The van der Waals surface area contributed by atoms with Crippen LogP contribution in [0.4, 0.5) is 4.39 Å². The molecule has 1 aromatic rings. The number of halogens is 1. The lowest BCUT2D eigenvalue weighted by Crippen LogP contribution is -2.11. The van der Waals surface area contributed by atoms with Crippen LogP contribution in [-0.4, -0.2) is 0 Å². The first-order valence-electron chi connectivity index (χ1n) is 4.73. The van der Waals surface area contributed by atoms with Crippen LogP contribution in [0, 0.1) is 5.82 Å². The third-order valence-electron chi connectivity index (χ3n) is 2.31. The van der Waals surface area contributed by atoms with Crippen LogP contribution in [0.5, 0.6) is 0 Å². The van der Waals surface area contributed by atoms with E-state index in [0.29, 0.717) is 5.56 Å². The summed E-state index contributed by atoms with van der Waals surface area (Å²) in [4.78, 5) is 0. The van der Waals surface area contributed by atoms with Crippen molar-refractivity contribution >= 4 is 0 Å². The van der Waals surface area contributed by atoms with E-state index in [4.69, 9.17) is 5.73 Å². The Morgan fingerprint density at radius 1 is 1.38 bits per heavy atom. The summed E-state index contributed by atoms with van der Waals surface area (Å²) in [6.45, 7) is 4.01. The van der Waals surface area contributed by atoms with E-state index in [0.717, 1.165) is 18.4 Å². The van der Waals surface area contributed by atoms with Crippen molar-refractivity contribution in [2.24, 2.45) is 5.73 Å². The van der Waals surface area contributed by atoms with Crippen LogP contribution in [0.2, 0.25) is 0 Å². The van der Waals surface area contributed by atoms with Crippen LogP contribution < -0.4 is 5.73 Å². The summed E-state index contributed by atoms with van der Waals surface area (Å²) in [6, 6.07) is 5.00. The first kappa shape index (κ1) is 10.2. The molecule has 0 aliphatic heterocycles. The molecule has 1 atom stereocenters. The predicted molar refractivity (Wildman–Crippen MR) is 53.0 cm³/mol. The van der Waals surface area contributed by atoms with Crippen molar-refractivity contribution in [3.8, 4) is 0 Å². The molecule has 0 saturated carbocycles. The SMILES string of the molecule is CCc1ccc(F)c(C(N)CC)c1. The molecule has 2 heteroatoms. The largest absolute Gasteiger partial charge is 0.324 e. The van der Waals surface area contributed by atoms with E-state index < -0.39 is 0 Å². The number of aryl methyl sites for hydroxylation is 1. The Balaban J connectivity index is 3.03. The number of hydrogen-bond acceptors (Lipinski definition) is 1.